The smallest absolute Gasteiger partial charge is 0.244 e. The highest BCUT2D eigenvalue weighted by Crippen LogP contribution is 2.35. The number of amides is 2. The second-order valence-electron chi connectivity index (χ2n) is 6.93. The maximum Gasteiger partial charge on any atom is 0.244 e. The molecule has 7 nitrogen and oxygen atoms in total. The van der Waals surface area contributed by atoms with Crippen molar-refractivity contribution in [2.24, 2.45) is 0 Å². The van der Waals surface area contributed by atoms with Crippen molar-refractivity contribution in [3.05, 3.63) is 62.1 Å². The molecule has 0 aliphatic carbocycles. The van der Waals surface area contributed by atoms with Gasteiger partial charge in [-0.3, -0.25) is 13.9 Å². The minimum absolute atomic E-state index is 0.00114. The summed E-state index contributed by atoms with van der Waals surface area (Å²) in [6.45, 7) is 0.992. The Labute approximate surface area is 207 Å². The number of carbonyl (C=O) groups is 2. The zero-order chi connectivity index (χ0) is 24.2. The van der Waals surface area contributed by atoms with E-state index in [2.05, 4.69) is 5.32 Å². The number of sulfonamides is 1. The number of halogens is 4. The first kappa shape index (κ1) is 26.5. The second kappa shape index (κ2) is 10.9. The Kier molecular flexibility index (Phi) is 9.07. The molecular weight excluding hydrogens is 520 g/mol. The predicted molar refractivity (Wildman–Crippen MR) is 129 cm³/mol. The van der Waals surface area contributed by atoms with Gasteiger partial charge in [0.25, 0.3) is 0 Å². The Morgan fingerprint density at radius 3 is 2.09 bits per heavy atom. The number of anilines is 1. The first-order chi connectivity index (χ1) is 14.8. The van der Waals surface area contributed by atoms with Gasteiger partial charge in [0.2, 0.25) is 21.8 Å². The SMILES string of the molecule is CNC(=O)[C@H](C)N(Cc1ccc(Cl)cc1)C(=O)CN(c1cc(Cl)c(Cl)cc1Cl)S(C)(=O)=O. The molecule has 0 fully saturated rings. The fourth-order valence-electron chi connectivity index (χ4n) is 2.88. The van der Waals surface area contributed by atoms with Crippen LogP contribution < -0.4 is 9.62 Å². The van der Waals surface area contributed by atoms with Gasteiger partial charge in [0.1, 0.15) is 12.6 Å². The van der Waals surface area contributed by atoms with Crippen LogP contribution in [-0.2, 0) is 26.2 Å². The van der Waals surface area contributed by atoms with E-state index in [4.69, 9.17) is 46.4 Å². The van der Waals surface area contributed by atoms with E-state index >= 15 is 0 Å². The Morgan fingerprint density at radius 1 is 1.00 bits per heavy atom. The minimum atomic E-state index is -3.95. The average Bonchev–Trinajstić information content (AvgIpc) is 2.72. The van der Waals surface area contributed by atoms with E-state index in [1.807, 2.05) is 0 Å². The molecule has 0 bridgehead atoms. The average molecular weight is 541 g/mol. The quantitative estimate of drug-likeness (QED) is 0.507. The summed E-state index contributed by atoms with van der Waals surface area (Å²) in [5, 5.41) is 3.22. The maximum absolute atomic E-state index is 13.3. The Balaban J connectivity index is 2.44. The molecule has 0 aromatic heterocycles. The third-order valence-electron chi connectivity index (χ3n) is 4.62. The summed E-state index contributed by atoms with van der Waals surface area (Å²) in [5.74, 6) is -1.03. The molecule has 2 amide bonds. The molecule has 0 unspecified atom stereocenters. The van der Waals surface area contributed by atoms with Crippen LogP contribution in [0.3, 0.4) is 0 Å². The lowest BCUT2D eigenvalue weighted by Crippen LogP contribution is -2.50. The molecule has 0 aliphatic rings. The maximum atomic E-state index is 13.3. The van der Waals surface area contributed by atoms with Gasteiger partial charge in [0, 0.05) is 18.6 Å². The first-order valence-electron chi connectivity index (χ1n) is 9.23. The number of hydrogen-bond donors (Lipinski definition) is 1. The second-order valence-corrected chi connectivity index (χ2v) is 10.5. The molecule has 2 aromatic carbocycles. The van der Waals surface area contributed by atoms with Gasteiger partial charge in [-0.1, -0.05) is 58.5 Å². The summed E-state index contributed by atoms with van der Waals surface area (Å²) in [7, 11) is -2.50. The number of nitrogens with one attached hydrogen (secondary N) is 1. The van der Waals surface area contributed by atoms with E-state index in [1.165, 1.54) is 24.1 Å². The van der Waals surface area contributed by atoms with E-state index in [-0.39, 0.29) is 27.3 Å². The zero-order valence-electron chi connectivity index (χ0n) is 17.4. The molecule has 0 heterocycles. The first-order valence-corrected chi connectivity index (χ1v) is 12.6. The van der Waals surface area contributed by atoms with Gasteiger partial charge in [-0.15, -0.1) is 0 Å². The van der Waals surface area contributed by atoms with Crippen LogP contribution in [0.2, 0.25) is 20.1 Å². The van der Waals surface area contributed by atoms with Crippen LogP contribution in [0.1, 0.15) is 12.5 Å². The molecular formula is C20H21Cl4N3O4S. The molecule has 2 rings (SSSR count). The van der Waals surface area contributed by atoms with Crippen molar-refractivity contribution >= 4 is 73.9 Å². The summed E-state index contributed by atoms with van der Waals surface area (Å²) < 4.78 is 25.9. The van der Waals surface area contributed by atoms with Crippen molar-refractivity contribution in [3.8, 4) is 0 Å². The molecule has 0 aliphatic heterocycles. The third kappa shape index (κ3) is 6.65. The lowest BCUT2D eigenvalue weighted by atomic mass is 10.1. The van der Waals surface area contributed by atoms with Crippen LogP contribution in [0.25, 0.3) is 0 Å². The standard InChI is InChI=1S/C20H21Cl4N3O4S/c1-12(20(29)25-2)26(10-13-4-6-14(21)7-5-13)19(28)11-27(32(3,30)31)18-9-16(23)15(22)8-17(18)24/h4-9,12H,10-11H2,1-3H3,(H,25,29)/t12-/m0/s1. The summed E-state index contributed by atoms with van der Waals surface area (Å²) in [6, 6.07) is 8.42. The topological polar surface area (TPSA) is 86.8 Å². The van der Waals surface area contributed by atoms with Crippen LogP contribution >= 0.6 is 46.4 Å². The molecule has 0 saturated heterocycles. The van der Waals surface area contributed by atoms with Gasteiger partial charge in [0.05, 0.1) is 27.0 Å². The zero-order valence-corrected chi connectivity index (χ0v) is 21.2. The summed E-state index contributed by atoms with van der Waals surface area (Å²) in [4.78, 5) is 26.8. The van der Waals surface area contributed by atoms with Gasteiger partial charge in [-0.2, -0.15) is 0 Å². The largest absolute Gasteiger partial charge is 0.357 e. The van der Waals surface area contributed by atoms with Crippen LogP contribution in [-0.4, -0.2) is 51.0 Å². The van der Waals surface area contributed by atoms with E-state index < -0.39 is 34.4 Å². The lowest BCUT2D eigenvalue weighted by Gasteiger charge is -2.31. The highest BCUT2D eigenvalue weighted by Gasteiger charge is 2.30. The molecule has 1 N–H and O–H groups in total. The van der Waals surface area contributed by atoms with Gasteiger partial charge in [-0.25, -0.2) is 8.42 Å². The number of rotatable bonds is 8. The predicted octanol–water partition coefficient (Wildman–Crippen LogP) is 4.23. The summed E-state index contributed by atoms with van der Waals surface area (Å²) in [6.07, 6.45) is 0.935. The van der Waals surface area contributed by atoms with Crippen molar-refractivity contribution in [1.29, 1.82) is 0 Å². The number of likely N-dealkylation sites (N-methyl/N-ethyl adjacent to an activating group) is 1. The van der Waals surface area contributed by atoms with Crippen LogP contribution in [0, 0.1) is 0 Å². The highest BCUT2D eigenvalue weighted by atomic mass is 35.5. The molecule has 0 spiro atoms. The monoisotopic (exact) mass is 539 g/mol. The Morgan fingerprint density at radius 2 is 1.56 bits per heavy atom. The number of benzene rings is 2. The summed E-state index contributed by atoms with van der Waals surface area (Å²) >= 11 is 24.1. The van der Waals surface area contributed by atoms with Crippen LogP contribution in [0.5, 0.6) is 0 Å². The van der Waals surface area contributed by atoms with Crippen molar-refractivity contribution < 1.29 is 18.0 Å². The van der Waals surface area contributed by atoms with Gasteiger partial charge >= 0.3 is 0 Å². The number of carbonyl (C=O) groups excluding carboxylic acids is 2. The third-order valence-corrected chi connectivity index (χ3v) is 7.02. The molecule has 32 heavy (non-hydrogen) atoms. The summed E-state index contributed by atoms with van der Waals surface area (Å²) in [5.41, 5.74) is 0.702. The molecule has 2 aromatic rings. The molecule has 12 heteroatoms. The number of nitrogens with zero attached hydrogens (tertiary/aromatic N) is 2. The van der Waals surface area contributed by atoms with E-state index in [1.54, 1.807) is 31.2 Å². The van der Waals surface area contributed by atoms with Crippen LogP contribution in [0.15, 0.2) is 36.4 Å². The fourth-order valence-corrected chi connectivity index (χ4v) is 4.55. The Bertz CT molecular complexity index is 1110. The van der Waals surface area contributed by atoms with E-state index in [0.29, 0.717) is 10.6 Å². The Hall–Kier alpha value is -1.71. The molecule has 0 radical (unpaired) electrons. The molecule has 0 saturated carbocycles. The van der Waals surface area contributed by atoms with Crippen molar-refractivity contribution in [1.82, 2.24) is 10.2 Å². The van der Waals surface area contributed by atoms with Gasteiger partial charge in [0.15, 0.2) is 0 Å². The van der Waals surface area contributed by atoms with Gasteiger partial charge in [-0.05, 0) is 36.8 Å². The lowest BCUT2D eigenvalue weighted by molar-refractivity contribution is -0.139. The fraction of sp³-hybridized carbons (Fsp3) is 0.300. The van der Waals surface area contributed by atoms with Crippen molar-refractivity contribution in [2.45, 2.75) is 19.5 Å². The van der Waals surface area contributed by atoms with Gasteiger partial charge < -0.3 is 10.2 Å². The normalized spacial score (nSPS) is 12.2. The minimum Gasteiger partial charge on any atom is -0.357 e. The van der Waals surface area contributed by atoms with E-state index in [9.17, 15) is 18.0 Å². The van der Waals surface area contributed by atoms with Crippen molar-refractivity contribution in [3.63, 3.8) is 0 Å². The number of hydrogen-bond acceptors (Lipinski definition) is 4. The molecule has 1 atom stereocenters. The molecule has 174 valence electrons. The van der Waals surface area contributed by atoms with Crippen LogP contribution in [0.4, 0.5) is 5.69 Å². The van der Waals surface area contributed by atoms with E-state index in [0.717, 1.165) is 10.6 Å². The highest BCUT2D eigenvalue weighted by molar-refractivity contribution is 7.92. The van der Waals surface area contributed by atoms with Crippen molar-refractivity contribution in [2.75, 3.05) is 24.2 Å².